The SMILES string of the molecule is N=C(/C(N)=C/N(N)c1ccc(C(=O)O)cc1)c1cc(Cn2nc(-c3cc(F)cc(F)c3)ccc2=O)ccc1N. The summed E-state index contributed by atoms with van der Waals surface area (Å²) in [5.74, 6) is 3.39. The van der Waals surface area contributed by atoms with Crippen molar-refractivity contribution in [3.63, 3.8) is 0 Å². The molecule has 0 aliphatic carbocycles. The number of hydrogen-bond donors (Lipinski definition) is 5. The molecule has 198 valence electrons. The lowest BCUT2D eigenvalue weighted by atomic mass is 10.0. The first kappa shape index (κ1) is 26.7. The van der Waals surface area contributed by atoms with Crippen molar-refractivity contribution in [2.24, 2.45) is 11.6 Å². The van der Waals surface area contributed by atoms with Crippen LogP contribution in [0.25, 0.3) is 11.3 Å². The zero-order valence-electron chi connectivity index (χ0n) is 20.3. The summed E-state index contributed by atoms with van der Waals surface area (Å²) in [7, 11) is 0. The Morgan fingerprint density at radius 2 is 1.69 bits per heavy atom. The monoisotopic (exact) mass is 531 g/mol. The molecule has 0 unspecified atom stereocenters. The molecule has 0 amide bonds. The average Bonchev–Trinajstić information content (AvgIpc) is 2.90. The molecule has 8 N–H and O–H groups in total. The van der Waals surface area contributed by atoms with E-state index >= 15 is 0 Å². The summed E-state index contributed by atoms with van der Waals surface area (Å²) < 4.78 is 28.5. The number of anilines is 2. The fraction of sp³-hybridized carbons (Fsp3) is 0.0370. The Morgan fingerprint density at radius 1 is 1.03 bits per heavy atom. The number of carboxylic acid groups (broad SMARTS) is 1. The molecule has 4 rings (SSSR count). The first-order valence-corrected chi connectivity index (χ1v) is 11.4. The largest absolute Gasteiger partial charge is 0.478 e. The minimum atomic E-state index is -1.08. The molecule has 0 saturated carbocycles. The van der Waals surface area contributed by atoms with Crippen LogP contribution in [0.5, 0.6) is 0 Å². The van der Waals surface area contributed by atoms with E-state index in [-0.39, 0.29) is 46.0 Å². The molecule has 0 saturated heterocycles. The number of carbonyl (C=O) groups is 1. The lowest BCUT2D eigenvalue weighted by molar-refractivity contribution is 0.0697. The predicted molar refractivity (Wildman–Crippen MR) is 143 cm³/mol. The van der Waals surface area contributed by atoms with Crippen LogP contribution >= 0.6 is 0 Å². The number of benzene rings is 3. The van der Waals surface area contributed by atoms with Gasteiger partial charge in [0.15, 0.2) is 0 Å². The average molecular weight is 532 g/mol. The van der Waals surface area contributed by atoms with E-state index in [0.717, 1.165) is 27.9 Å². The number of nitrogens with one attached hydrogen (secondary N) is 1. The van der Waals surface area contributed by atoms with Gasteiger partial charge in [-0.2, -0.15) is 5.10 Å². The highest BCUT2D eigenvalue weighted by molar-refractivity contribution is 6.13. The lowest BCUT2D eigenvalue weighted by Gasteiger charge is -2.17. The zero-order chi connectivity index (χ0) is 28.3. The summed E-state index contributed by atoms with van der Waals surface area (Å²) in [6, 6.07) is 16.1. The quantitative estimate of drug-likeness (QED) is 0.0996. The third-order valence-electron chi connectivity index (χ3n) is 5.72. The standard InChI is InChI=1S/C27H23F2N7O3/c28-18-10-17(11-19(29)12-18)24-7-8-25(37)36(34-24)13-15-1-6-22(30)21(9-15)26(32)23(31)14-35(33)20-4-2-16(3-5-20)27(38)39/h1-12,14,32H,13,30-31,33H2,(H,38,39)/b23-14-,32-26?. The molecule has 0 atom stereocenters. The van der Waals surface area contributed by atoms with E-state index in [0.29, 0.717) is 11.3 Å². The highest BCUT2D eigenvalue weighted by Crippen LogP contribution is 2.21. The molecule has 0 aliphatic heterocycles. The second kappa shape index (κ2) is 10.9. The van der Waals surface area contributed by atoms with Crippen molar-refractivity contribution in [2.75, 3.05) is 10.7 Å². The maximum absolute atomic E-state index is 13.7. The number of aromatic carboxylic acids is 1. The van der Waals surface area contributed by atoms with Gasteiger partial charge in [0.05, 0.1) is 34.9 Å². The van der Waals surface area contributed by atoms with E-state index in [2.05, 4.69) is 5.10 Å². The molecule has 1 heterocycles. The highest BCUT2D eigenvalue weighted by atomic mass is 19.1. The summed E-state index contributed by atoms with van der Waals surface area (Å²) in [5, 5.41) is 22.9. The summed E-state index contributed by atoms with van der Waals surface area (Å²) in [6.45, 7) is -0.0202. The Labute approximate surface area is 220 Å². The van der Waals surface area contributed by atoms with Gasteiger partial charge in [0.2, 0.25) is 0 Å². The Hall–Kier alpha value is -5.36. The molecular weight excluding hydrogens is 508 g/mol. The van der Waals surface area contributed by atoms with Gasteiger partial charge in [0, 0.05) is 35.1 Å². The van der Waals surface area contributed by atoms with Crippen LogP contribution in [0.15, 0.2) is 89.5 Å². The van der Waals surface area contributed by atoms with Crippen LogP contribution < -0.4 is 27.9 Å². The van der Waals surface area contributed by atoms with Crippen molar-refractivity contribution in [3.05, 3.63) is 123 Å². The van der Waals surface area contributed by atoms with Gasteiger partial charge in [-0.3, -0.25) is 15.2 Å². The zero-order valence-corrected chi connectivity index (χ0v) is 20.3. The Balaban J connectivity index is 1.58. The van der Waals surface area contributed by atoms with Gasteiger partial charge in [-0.05, 0) is 60.2 Å². The van der Waals surface area contributed by atoms with Crippen LogP contribution in [0, 0.1) is 17.0 Å². The Morgan fingerprint density at radius 3 is 2.33 bits per heavy atom. The number of hydrogen-bond acceptors (Lipinski definition) is 8. The van der Waals surface area contributed by atoms with Crippen molar-refractivity contribution in [1.29, 1.82) is 5.41 Å². The van der Waals surface area contributed by atoms with Crippen LogP contribution in [0.3, 0.4) is 0 Å². The summed E-state index contributed by atoms with van der Waals surface area (Å²) >= 11 is 0. The fourth-order valence-corrected chi connectivity index (χ4v) is 3.73. The molecule has 10 nitrogen and oxygen atoms in total. The van der Waals surface area contributed by atoms with E-state index in [1.165, 1.54) is 42.6 Å². The molecule has 4 aromatic rings. The van der Waals surface area contributed by atoms with Gasteiger partial charge in [-0.1, -0.05) is 6.07 Å². The molecule has 0 bridgehead atoms. The van der Waals surface area contributed by atoms with Crippen LogP contribution in [-0.2, 0) is 6.54 Å². The van der Waals surface area contributed by atoms with Crippen molar-refractivity contribution in [1.82, 2.24) is 9.78 Å². The number of aromatic nitrogens is 2. The number of carboxylic acids is 1. The Bertz CT molecular complexity index is 1650. The van der Waals surface area contributed by atoms with E-state index in [1.54, 1.807) is 18.2 Å². The smallest absolute Gasteiger partial charge is 0.335 e. The van der Waals surface area contributed by atoms with Gasteiger partial charge in [-0.15, -0.1) is 0 Å². The van der Waals surface area contributed by atoms with Crippen LogP contribution in [0.4, 0.5) is 20.2 Å². The second-order valence-corrected chi connectivity index (χ2v) is 8.51. The van der Waals surface area contributed by atoms with E-state index < -0.39 is 23.2 Å². The van der Waals surface area contributed by atoms with Crippen LogP contribution in [-0.4, -0.2) is 26.6 Å². The molecule has 0 fully saturated rings. The summed E-state index contributed by atoms with van der Waals surface area (Å²) in [5.41, 5.74) is 13.5. The van der Waals surface area contributed by atoms with Gasteiger partial charge in [-0.25, -0.2) is 24.1 Å². The predicted octanol–water partition coefficient (Wildman–Crippen LogP) is 3.07. The number of halogens is 2. The minimum Gasteiger partial charge on any atom is -0.478 e. The van der Waals surface area contributed by atoms with Crippen LogP contribution in [0.1, 0.15) is 21.5 Å². The van der Waals surface area contributed by atoms with Gasteiger partial charge in [0.25, 0.3) is 5.56 Å². The second-order valence-electron chi connectivity index (χ2n) is 8.51. The number of allylic oxidation sites excluding steroid dienone is 1. The molecule has 0 aliphatic rings. The number of nitrogens with zero attached hydrogens (tertiary/aromatic N) is 3. The third kappa shape index (κ3) is 6.14. The summed E-state index contributed by atoms with van der Waals surface area (Å²) in [4.78, 5) is 23.5. The number of hydrazine groups is 1. The lowest BCUT2D eigenvalue weighted by Crippen LogP contribution is -2.28. The third-order valence-corrected chi connectivity index (χ3v) is 5.72. The molecule has 12 heteroatoms. The maximum Gasteiger partial charge on any atom is 0.335 e. The normalized spacial score (nSPS) is 11.3. The van der Waals surface area contributed by atoms with Gasteiger partial charge in [0.1, 0.15) is 11.6 Å². The molecule has 3 aromatic carbocycles. The highest BCUT2D eigenvalue weighted by Gasteiger charge is 2.13. The number of nitrogen functional groups attached to an aromatic ring is 1. The van der Waals surface area contributed by atoms with Gasteiger partial charge >= 0.3 is 5.97 Å². The molecule has 0 spiro atoms. The number of nitrogens with two attached hydrogens (primary N) is 3. The van der Waals surface area contributed by atoms with Gasteiger partial charge < -0.3 is 16.6 Å². The molecule has 39 heavy (non-hydrogen) atoms. The molecule has 0 radical (unpaired) electrons. The first-order valence-electron chi connectivity index (χ1n) is 11.4. The minimum absolute atomic E-state index is 0.0202. The summed E-state index contributed by atoms with van der Waals surface area (Å²) in [6.07, 6.45) is 1.29. The van der Waals surface area contributed by atoms with E-state index in [9.17, 15) is 18.4 Å². The van der Waals surface area contributed by atoms with Crippen LogP contribution in [0.2, 0.25) is 0 Å². The van der Waals surface area contributed by atoms with Crippen molar-refractivity contribution < 1.29 is 18.7 Å². The molecule has 1 aromatic heterocycles. The fourth-order valence-electron chi connectivity index (χ4n) is 3.73. The topological polar surface area (TPSA) is 177 Å². The van der Waals surface area contributed by atoms with Crippen molar-refractivity contribution in [2.45, 2.75) is 6.54 Å². The first-order chi connectivity index (χ1) is 18.5. The van der Waals surface area contributed by atoms with E-state index in [4.69, 9.17) is 27.8 Å². The van der Waals surface area contributed by atoms with Crippen molar-refractivity contribution in [3.8, 4) is 11.3 Å². The Kier molecular flexibility index (Phi) is 7.49. The van der Waals surface area contributed by atoms with Crippen molar-refractivity contribution >= 4 is 23.1 Å². The molecular formula is C27H23F2N7O3. The maximum atomic E-state index is 13.7. The van der Waals surface area contributed by atoms with E-state index in [1.807, 2.05) is 0 Å². The number of rotatable bonds is 8.